The first kappa shape index (κ1) is 15.7. The SMILES string of the molecule is CC(=O)/C=C/C1CCN(C(=O)OC(C)(C)C)CC1C. The average Bonchev–Trinajstić information content (AvgIpc) is 2.24. The topological polar surface area (TPSA) is 46.6 Å². The third kappa shape index (κ3) is 5.45. The molecule has 19 heavy (non-hydrogen) atoms. The summed E-state index contributed by atoms with van der Waals surface area (Å²) >= 11 is 0. The van der Waals surface area contributed by atoms with E-state index < -0.39 is 5.60 Å². The van der Waals surface area contributed by atoms with Gasteiger partial charge in [-0.1, -0.05) is 13.0 Å². The first-order valence-electron chi connectivity index (χ1n) is 6.86. The lowest BCUT2D eigenvalue weighted by molar-refractivity contribution is -0.112. The van der Waals surface area contributed by atoms with Gasteiger partial charge in [0.2, 0.25) is 0 Å². The molecular weight excluding hydrogens is 242 g/mol. The predicted molar refractivity (Wildman–Crippen MR) is 74.9 cm³/mol. The summed E-state index contributed by atoms with van der Waals surface area (Å²) in [6, 6.07) is 0. The van der Waals surface area contributed by atoms with Crippen molar-refractivity contribution in [3.63, 3.8) is 0 Å². The van der Waals surface area contributed by atoms with Crippen LogP contribution in [0.5, 0.6) is 0 Å². The van der Waals surface area contributed by atoms with Gasteiger partial charge in [-0.3, -0.25) is 4.79 Å². The van der Waals surface area contributed by atoms with E-state index in [1.54, 1.807) is 17.9 Å². The third-order valence-corrected chi connectivity index (χ3v) is 3.20. The van der Waals surface area contributed by atoms with Crippen LogP contribution in [0.4, 0.5) is 4.79 Å². The van der Waals surface area contributed by atoms with E-state index in [0.29, 0.717) is 24.9 Å². The van der Waals surface area contributed by atoms with E-state index in [1.165, 1.54) is 0 Å². The van der Waals surface area contributed by atoms with Gasteiger partial charge in [-0.2, -0.15) is 0 Å². The number of amides is 1. The fraction of sp³-hybridized carbons (Fsp3) is 0.733. The highest BCUT2D eigenvalue weighted by atomic mass is 16.6. The number of hydrogen-bond acceptors (Lipinski definition) is 3. The first-order chi connectivity index (χ1) is 8.69. The van der Waals surface area contributed by atoms with Gasteiger partial charge in [0, 0.05) is 13.1 Å². The molecule has 0 aromatic rings. The fourth-order valence-corrected chi connectivity index (χ4v) is 2.20. The van der Waals surface area contributed by atoms with Crippen LogP contribution >= 0.6 is 0 Å². The highest BCUT2D eigenvalue weighted by molar-refractivity contribution is 5.87. The number of ether oxygens (including phenoxy) is 1. The van der Waals surface area contributed by atoms with E-state index in [9.17, 15) is 9.59 Å². The van der Waals surface area contributed by atoms with Gasteiger partial charge in [-0.15, -0.1) is 0 Å². The Balaban J connectivity index is 2.54. The Kier molecular flexibility index (Phi) is 5.15. The van der Waals surface area contributed by atoms with Crippen LogP contribution < -0.4 is 0 Å². The number of allylic oxidation sites excluding steroid dienone is 2. The smallest absolute Gasteiger partial charge is 0.410 e. The second kappa shape index (κ2) is 6.22. The van der Waals surface area contributed by atoms with Crippen molar-refractivity contribution < 1.29 is 14.3 Å². The quantitative estimate of drug-likeness (QED) is 0.722. The van der Waals surface area contributed by atoms with Gasteiger partial charge in [-0.05, 0) is 52.0 Å². The second-order valence-corrected chi connectivity index (χ2v) is 6.33. The van der Waals surface area contributed by atoms with Crippen LogP contribution in [0, 0.1) is 11.8 Å². The van der Waals surface area contributed by atoms with Crippen molar-refractivity contribution in [1.82, 2.24) is 4.90 Å². The Bertz CT molecular complexity index is 368. The summed E-state index contributed by atoms with van der Waals surface area (Å²) < 4.78 is 5.37. The molecule has 2 atom stereocenters. The number of carbonyl (C=O) groups is 2. The lowest BCUT2D eigenvalue weighted by Gasteiger charge is -2.36. The summed E-state index contributed by atoms with van der Waals surface area (Å²) in [5, 5.41) is 0. The van der Waals surface area contributed by atoms with Crippen LogP contribution in [0.1, 0.15) is 41.0 Å². The zero-order valence-corrected chi connectivity index (χ0v) is 12.6. The van der Waals surface area contributed by atoms with Crippen molar-refractivity contribution in [2.24, 2.45) is 11.8 Å². The van der Waals surface area contributed by atoms with Gasteiger partial charge >= 0.3 is 6.09 Å². The first-order valence-corrected chi connectivity index (χ1v) is 6.86. The van der Waals surface area contributed by atoms with Gasteiger partial charge in [0.05, 0.1) is 0 Å². The van der Waals surface area contributed by atoms with Crippen LogP contribution in [-0.4, -0.2) is 35.5 Å². The molecule has 0 aliphatic carbocycles. The molecular formula is C15H25NO3. The van der Waals surface area contributed by atoms with E-state index >= 15 is 0 Å². The molecule has 1 rings (SSSR count). The molecule has 4 heteroatoms. The van der Waals surface area contributed by atoms with E-state index in [4.69, 9.17) is 4.74 Å². The average molecular weight is 267 g/mol. The van der Waals surface area contributed by atoms with Crippen LogP contribution in [0.25, 0.3) is 0 Å². The summed E-state index contributed by atoms with van der Waals surface area (Å²) in [6.45, 7) is 10.6. The van der Waals surface area contributed by atoms with Crippen molar-refractivity contribution in [3.8, 4) is 0 Å². The van der Waals surface area contributed by atoms with E-state index in [0.717, 1.165) is 6.42 Å². The molecule has 0 aromatic carbocycles. The molecule has 0 N–H and O–H groups in total. The van der Waals surface area contributed by atoms with Gasteiger partial charge in [0.1, 0.15) is 5.60 Å². The maximum absolute atomic E-state index is 12.0. The van der Waals surface area contributed by atoms with Crippen molar-refractivity contribution in [1.29, 1.82) is 0 Å². The number of nitrogens with zero attached hydrogens (tertiary/aromatic N) is 1. The number of carbonyl (C=O) groups excluding carboxylic acids is 2. The van der Waals surface area contributed by atoms with E-state index in [-0.39, 0.29) is 11.9 Å². The summed E-state index contributed by atoms with van der Waals surface area (Å²) in [5.41, 5.74) is -0.453. The van der Waals surface area contributed by atoms with Crippen molar-refractivity contribution >= 4 is 11.9 Å². The van der Waals surface area contributed by atoms with Gasteiger partial charge in [0.25, 0.3) is 0 Å². The molecule has 1 aliphatic rings. The minimum absolute atomic E-state index is 0.0711. The second-order valence-electron chi connectivity index (χ2n) is 6.33. The normalized spacial score (nSPS) is 24.6. The molecule has 0 bridgehead atoms. The lowest BCUT2D eigenvalue weighted by atomic mass is 9.86. The molecule has 4 nitrogen and oxygen atoms in total. The molecule has 108 valence electrons. The van der Waals surface area contributed by atoms with Crippen LogP contribution in [0.2, 0.25) is 0 Å². The van der Waals surface area contributed by atoms with Crippen molar-refractivity contribution in [3.05, 3.63) is 12.2 Å². The maximum atomic E-state index is 12.0. The van der Waals surface area contributed by atoms with Gasteiger partial charge < -0.3 is 9.64 Å². The van der Waals surface area contributed by atoms with E-state index in [2.05, 4.69) is 6.92 Å². The molecule has 1 fully saturated rings. The van der Waals surface area contributed by atoms with Crippen LogP contribution in [0.3, 0.4) is 0 Å². The summed E-state index contributed by atoms with van der Waals surface area (Å²) in [4.78, 5) is 24.7. The van der Waals surface area contributed by atoms with E-state index in [1.807, 2.05) is 26.8 Å². The molecule has 2 unspecified atom stereocenters. The highest BCUT2D eigenvalue weighted by Gasteiger charge is 2.29. The Morgan fingerprint density at radius 2 is 1.95 bits per heavy atom. The number of piperidine rings is 1. The van der Waals surface area contributed by atoms with Crippen molar-refractivity contribution in [2.75, 3.05) is 13.1 Å². The minimum atomic E-state index is -0.453. The standard InChI is InChI=1S/C15H25NO3/c1-11-10-16(14(18)19-15(3,4)5)9-8-13(11)7-6-12(2)17/h6-7,11,13H,8-10H2,1-5H3/b7-6+. The Morgan fingerprint density at radius 3 is 2.42 bits per heavy atom. The summed E-state index contributed by atoms with van der Waals surface area (Å²) in [6.07, 6.45) is 4.24. The zero-order chi connectivity index (χ0) is 14.6. The maximum Gasteiger partial charge on any atom is 0.410 e. The van der Waals surface area contributed by atoms with Crippen molar-refractivity contribution in [2.45, 2.75) is 46.6 Å². The number of hydrogen-bond donors (Lipinski definition) is 0. The molecule has 1 amide bonds. The van der Waals surface area contributed by atoms with Gasteiger partial charge in [-0.25, -0.2) is 4.79 Å². The molecule has 1 aliphatic heterocycles. The Labute approximate surface area is 115 Å². The molecule has 1 saturated heterocycles. The molecule has 0 radical (unpaired) electrons. The number of rotatable bonds is 2. The predicted octanol–water partition coefficient (Wildman–Crippen LogP) is 3.02. The summed E-state index contributed by atoms with van der Waals surface area (Å²) in [5.74, 6) is 0.779. The summed E-state index contributed by atoms with van der Waals surface area (Å²) in [7, 11) is 0. The molecule has 1 heterocycles. The Hall–Kier alpha value is -1.32. The van der Waals surface area contributed by atoms with Crippen LogP contribution in [0.15, 0.2) is 12.2 Å². The molecule has 0 aromatic heterocycles. The fourth-order valence-electron chi connectivity index (χ4n) is 2.20. The number of ketones is 1. The minimum Gasteiger partial charge on any atom is -0.444 e. The highest BCUT2D eigenvalue weighted by Crippen LogP contribution is 2.25. The zero-order valence-electron chi connectivity index (χ0n) is 12.6. The largest absolute Gasteiger partial charge is 0.444 e. The molecule has 0 spiro atoms. The monoisotopic (exact) mass is 267 g/mol. The third-order valence-electron chi connectivity index (χ3n) is 3.20. The molecule has 0 saturated carbocycles. The lowest BCUT2D eigenvalue weighted by Crippen LogP contribution is -2.44. The Morgan fingerprint density at radius 1 is 1.32 bits per heavy atom. The number of likely N-dealkylation sites (tertiary alicyclic amines) is 1. The van der Waals surface area contributed by atoms with Gasteiger partial charge in [0.15, 0.2) is 5.78 Å². The van der Waals surface area contributed by atoms with Crippen LogP contribution in [-0.2, 0) is 9.53 Å².